The lowest BCUT2D eigenvalue weighted by atomic mass is 10.1. The highest BCUT2D eigenvalue weighted by molar-refractivity contribution is 7.90. The molecule has 1 saturated heterocycles. The molecule has 0 aliphatic carbocycles. The summed E-state index contributed by atoms with van der Waals surface area (Å²) in [5.41, 5.74) is 0.947. The average molecular weight is 419 g/mol. The number of nitrogens with one attached hydrogen (secondary N) is 1. The second-order valence-electron chi connectivity index (χ2n) is 6.75. The number of nitro groups is 1. The van der Waals surface area contributed by atoms with Crippen LogP contribution < -0.4 is 5.32 Å². The fourth-order valence-electron chi connectivity index (χ4n) is 3.08. The Hall–Kier alpha value is -2.82. The van der Waals surface area contributed by atoms with Crippen molar-refractivity contribution in [1.29, 1.82) is 0 Å². The first-order valence-electron chi connectivity index (χ1n) is 8.93. The highest BCUT2D eigenvalue weighted by Crippen LogP contribution is 2.25. The number of anilines is 1. The second-order valence-corrected chi connectivity index (χ2v) is 8.74. The minimum atomic E-state index is -3.79. The molecule has 154 valence electrons. The molecular weight excluding hydrogens is 398 g/mol. The van der Waals surface area contributed by atoms with Gasteiger partial charge in [0.1, 0.15) is 4.90 Å². The summed E-state index contributed by atoms with van der Waals surface area (Å²) < 4.78 is 28.8. The third-order valence-electron chi connectivity index (χ3n) is 4.51. The molecule has 29 heavy (non-hydrogen) atoms. The third kappa shape index (κ3) is 5.37. The van der Waals surface area contributed by atoms with Crippen molar-refractivity contribution in [3.63, 3.8) is 0 Å². The van der Waals surface area contributed by atoms with Crippen molar-refractivity contribution in [2.75, 3.05) is 37.9 Å². The van der Waals surface area contributed by atoms with E-state index in [1.54, 1.807) is 6.07 Å². The van der Waals surface area contributed by atoms with Gasteiger partial charge in [-0.15, -0.1) is 0 Å². The number of sulfone groups is 1. The Morgan fingerprint density at radius 2 is 1.93 bits per heavy atom. The number of nitrogens with zero attached hydrogens (tertiary/aromatic N) is 2. The monoisotopic (exact) mass is 419 g/mol. The number of amides is 1. The van der Waals surface area contributed by atoms with Crippen molar-refractivity contribution in [2.45, 2.75) is 11.4 Å². The molecule has 1 heterocycles. The summed E-state index contributed by atoms with van der Waals surface area (Å²) in [6.45, 7) is 3.79. The molecule has 0 atom stereocenters. The molecule has 2 aromatic rings. The molecule has 2 aromatic carbocycles. The molecule has 0 unspecified atom stereocenters. The Morgan fingerprint density at radius 1 is 1.21 bits per heavy atom. The number of hydrogen-bond acceptors (Lipinski definition) is 7. The van der Waals surface area contributed by atoms with Crippen LogP contribution in [0.3, 0.4) is 0 Å². The lowest BCUT2D eigenvalue weighted by Crippen LogP contribution is -2.35. The maximum absolute atomic E-state index is 12.5. The number of carbonyl (C=O) groups is 1. The second kappa shape index (κ2) is 8.68. The predicted octanol–water partition coefficient (Wildman–Crippen LogP) is 2.08. The molecule has 1 amide bonds. The molecule has 0 bridgehead atoms. The van der Waals surface area contributed by atoms with E-state index in [0.29, 0.717) is 18.9 Å². The van der Waals surface area contributed by atoms with Crippen LogP contribution in [0.15, 0.2) is 47.4 Å². The number of hydrogen-bond donors (Lipinski definition) is 1. The van der Waals surface area contributed by atoms with Gasteiger partial charge in [-0.05, 0) is 29.8 Å². The van der Waals surface area contributed by atoms with Crippen LogP contribution in [-0.2, 0) is 21.1 Å². The van der Waals surface area contributed by atoms with Crippen molar-refractivity contribution in [3.8, 4) is 0 Å². The summed E-state index contributed by atoms with van der Waals surface area (Å²) in [6.07, 6.45) is 0.884. The maximum Gasteiger partial charge on any atom is 0.288 e. The van der Waals surface area contributed by atoms with Gasteiger partial charge in [-0.2, -0.15) is 0 Å². The number of benzene rings is 2. The van der Waals surface area contributed by atoms with E-state index >= 15 is 0 Å². The molecule has 0 spiro atoms. The zero-order chi connectivity index (χ0) is 21.0. The first kappa shape index (κ1) is 20.9. The van der Waals surface area contributed by atoms with Gasteiger partial charge in [0.2, 0.25) is 0 Å². The van der Waals surface area contributed by atoms with Gasteiger partial charge in [0.05, 0.1) is 18.1 Å². The fraction of sp³-hybridized carbons (Fsp3) is 0.316. The molecule has 9 nitrogen and oxygen atoms in total. The normalized spacial score (nSPS) is 15.1. The molecule has 0 radical (unpaired) electrons. The van der Waals surface area contributed by atoms with Crippen LogP contribution in [0.25, 0.3) is 0 Å². The number of ether oxygens (including phenoxy) is 1. The van der Waals surface area contributed by atoms with Crippen LogP contribution in [-0.4, -0.2) is 56.7 Å². The van der Waals surface area contributed by atoms with E-state index in [-0.39, 0.29) is 5.56 Å². The van der Waals surface area contributed by atoms with Gasteiger partial charge in [-0.25, -0.2) is 8.42 Å². The Bertz CT molecular complexity index is 1030. The molecule has 1 N–H and O–H groups in total. The van der Waals surface area contributed by atoms with Crippen LogP contribution in [0.5, 0.6) is 0 Å². The predicted molar refractivity (Wildman–Crippen MR) is 107 cm³/mol. The minimum absolute atomic E-state index is 0.00248. The summed E-state index contributed by atoms with van der Waals surface area (Å²) in [5, 5.41) is 13.9. The van der Waals surface area contributed by atoms with E-state index in [0.717, 1.165) is 43.6 Å². The average Bonchev–Trinajstić information content (AvgIpc) is 2.68. The zero-order valence-electron chi connectivity index (χ0n) is 15.8. The Kier molecular flexibility index (Phi) is 6.26. The number of nitro benzene ring substituents is 1. The summed E-state index contributed by atoms with van der Waals surface area (Å²) >= 11 is 0. The van der Waals surface area contributed by atoms with E-state index in [2.05, 4.69) is 10.2 Å². The van der Waals surface area contributed by atoms with Crippen LogP contribution in [0, 0.1) is 10.1 Å². The SMILES string of the molecule is CS(=O)(=O)c1ccc(C(=O)Nc2cccc(CN3CCOCC3)c2)cc1[N+](=O)[O-]. The van der Waals surface area contributed by atoms with Gasteiger partial charge in [0.25, 0.3) is 11.6 Å². The fourth-order valence-corrected chi connectivity index (χ4v) is 3.91. The highest BCUT2D eigenvalue weighted by Gasteiger charge is 2.24. The molecular formula is C19H21N3O6S. The molecule has 0 aromatic heterocycles. The van der Waals surface area contributed by atoms with Gasteiger partial charge in [-0.3, -0.25) is 19.8 Å². The van der Waals surface area contributed by atoms with Crippen molar-refractivity contribution >= 4 is 27.1 Å². The smallest absolute Gasteiger partial charge is 0.288 e. The first-order chi connectivity index (χ1) is 13.7. The largest absolute Gasteiger partial charge is 0.379 e. The standard InChI is InChI=1S/C19H21N3O6S/c1-29(26,27)18-6-5-15(12-17(18)22(24)25)19(23)20-16-4-2-3-14(11-16)13-21-7-9-28-10-8-21/h2-6,11-12H,7-10,13H2,1H3,(H,20,23). The van der Waals surface area contributed by atoms with E-state index in [1.165, 1.54) is 6.07 Å². The topological polar surface area (TPSA) is 119 Å². The van der Waals surface area contributed by atoms with E-state index in [9.17, 15) is 23.3 Å². The molecule has 1 aliphatic heterocycles. The van der Waals surface area contributed by atoms with Crippen LogP contribution in [0.1, 0.15) is 15.9 Å². The number of carbonyl (C=O) groups excluding carboxylic acids is 1. The summed E-state index contributed by atoms with van der Waals surface area (Å²) in [4.78, 5) is 24.8. The first-order valence-corrected chi connectivity index (χ1v) is 10.8. The van der Waals surface area contributed by atoms with Crippen molar-refractivity contribution in [1.82, 2.24) is 4.90 Å². The van der Waals surface area contributed by atoms with Gasteiger partial charge < -0.3 is 10.1 Å². The summed E-state index contributed by atoms with van der Waals surface area (Å²) in [7, 11) is -3.79. The molecule has 10 heteroatoms. The van der Waals surface area contributed by atoms with Crippen molar-refractivity contribution in [2.24, 2.45) is 0 Å². The summed E-state index contributed by atoms with van der Waals surface area (Å²) in [6, 6.07) is 10.7. The van der Waals surface area contributed by atoms with Gasteiger partial charge in [-0.1, -0.05) is 12.1 Å². The van der Waals surface area contributed by atoms with Crippen molar-refractivity contribution in [3.05, 3.63) is 63.7 Å². The summed E-state index contributed by atoms with van der Waals surface area (Å²) in [5.74, 6) is -0.559. The Labute approximate surface area is 168 Å². The molecule has 3 rings (SSSR count). The van der Waals surface area contributed by atoms with Gasteiger partial charge >= 0.3 is 0 Å². The van der Waals surface area contributed by atoms with Gasteiger partial charge in [0.15, 0.2) is 9.84 Å². The Balaban J connectivity index is 1.77. The third-order valence-corrected chi connectivity index (χ3v) is 5.66. The van der Waals surface area contributed by atoms with Crippen LogP contribution >= 0.6 is 0 Å². The maximum atomic E-state index is 12.5. The minimum Gasteiger partial charge on any atom is -0.379 e. The van der Waals surface area contributed by atoms with E-state index in [4.69, 9.17) is 4.74 Å². The van der Waals surface area contributed by atoms with Crippen molar-refractivity contribution < 1.29 is 22.9 Å². The molecule has 0 saturated carbocycles. The number of rotatable bonds is 6. The molecule has 1 aliphatic rings. The lowest BCUT2D eigenvalue weighted by Gasteiger charge is -2.26. The number of morpholine rings is 1. The lowest BCUT2D eigenvalue weighted by molar-refractivity contribution is -0.387. The van der Waals surface area contributed by atoms with Gasteiger partial charge in [0, 0.05) is 43.2 Å². The van der Waals surface area contributed by atoms with E-state index < -0.39 is 31.3 Å². The van der Waals surface area contributed by atoms with Crippen LogP contribution in [0.4, 0.5) is 11.4 Å². The van der Waals surface area contributed by atoms with Crippen LogP contribution in [0.2, 0.25) is 0 Å². The van der Waals surface area contributed by atoms with E-state index in [1.807, 2.05) is 18.2 Å². The Morgan fingerprint density at radius 3 is 2.59 bits per heavy atom. The molecule has 1 fully saturated rings. The zero-order valence-corrected chi connectivity index (χ0v) is 16.6. The highest BCUT2D eigenvalue weighted by atomic mass is 32.2. The quantitative estimate of drug-likeness (QED) is 0.562.